The van der Waals surface area contributed by atoms with Crippen LogP contribution in [-0.4, -0.2) is 47.2 Å². The van der Waals surface area contributed by atoms with Gasteiger partial charge in [-0.25, -0.2) is 0 Å². The second-order valence-electron chi connectivity index (χ2n) is 9.03. The van der Waals surface area contributed by atoms with Crippen molar-refractivity contribution >= 4 is 15.0 Å². The van der Waals surface area contributed by atoms with E-state index in [0.29, 0.717) is 30.8 Å². The number of hydrogen-bond donors (Lipinski definition) is 0. The largest absolute Gasteiger partial charge is 0.462 e. The lowest BCUT2D eigenvalue weighted by molar-refractivity contribution is -0.172. The summed E-state index contributed by atoms with van der Waals surface area (Å²) in [5.74, 6) is 1.01. The number of fused-ring (bicyclic) bond motifs is 1. The number of rotatable bonds is 6. The Morgan fingerprint density at radius 2 is 2.04 bits per heavy atom. The van der Waals surface area contributed by atoms with Crippen LogP contribution in [0.5, 0.6) is 0 Å². The molecule has 0 aromatic heterocycles. The zero-order valence-electron chi connectivity index (χ0n) is 16.2. The molecular formula is C19H34O5Si. The van der Waals surface area contributed by atoms with Crippen LogP contribution in [0.25, 0.3) is 0 Å². The van der Waals surface area contributed by atoms with Gasteiger partial charge in [0.15, 0.2) is 15.3 Å². The highest BCUT2D eigenvalue weighted by molar-refractivity contribution is 6.53. The smallest absolute Gasteiger partial charge is 0.306 e. The molecule has 2 aliphatic heterocycles. The third-order valence-corrected chi connectivity index (χ3v) is 9.38. The lowest BCUT2D eigenvalue weighted by atomic mass is 9.89. The first-order valence-electron chi connectivity index (χ1n) is 9.89. The fraction of sp³-hybridized carbons (Fsp3) is 0.947. The minimum Gasteiger partial charge on any atom is -0.462 e. The van der Waals surface area contributed by atoms with E-state index in [0.717, 1.165) is 32.5 Å². The molecule has 6 atom stereocenters. The molecule has 3 aliphatic rings. The quantitative estimate of drug-likeness (QED) is 0.530. The standard InChI is InChI=1S/C19H34O5Si/c1-19(2,3)25(4)23-12-15-13(9-16-14(15)10-17(20)24-16)11-22-18-7-5-6-8-21-18/h13-16,18,25H,5-12H2,1-4H3/t13-,14+,15-,16-,18?,25?/m0/s1. The van der Waals surface area contributed by atoms with E-state index in [1.165, 1.54) is 6.42 Å². The van der Waals surface area contributed by atoms with Crippen molar-refractivity contribution in [3.8, 4) is 0 Å². The molecule has 0 N–H and O–H groups in total. The zero-order chi connectivity index (χ0) is 18.0. The highest BCUT2D eigenvalue weighted by atomic mass is 28.3. The summed E-state index contributed by atoms with van der Waals surface area (Å²) in [5, 5.41) is 0.252. The zero-order valence-corrected chi connectivity index (χ0v) is 17.3. The molecule has 0 aromatic carbocycles. The Morgan fingerprint density at radius 1 is 1.24 bits per heavy atom. The molecular weight excluding hydrogens is 336 g/mol. The molecule has 2 heterocycles. The molecule has 2 unspecified atom stereocenters. The van der Waals surface area contributed by atoms with Gasteiger partial charge in [0.2, 0.25) is 0 Å². The van der Waals surface area contributed by atoms with Crippen LogP contribution in [0.15, 0.2) is 0 Å². The number of carbonyl (C=O) groups excluding carboxylic acids is 1. The number of esters is 1. The van der Waals surface area contributed by atoms with Gasteiger partial charge in [-0.15, -0.1) is 0 Å². The lowest BCUT2D eigenvalue weighted by Crippen LogP contribution is -2.33. The van der Waals surface area contributed by atoms with E-state index in [-0.39, 0.29) is 23.4 Å². The van der Waals surface area contributed by atoms with Gasteiger partial charge in [0.1, 0.15) is 6.10 Å². The maximum Gasteiger partial charge on any atom is 0.306 e. The lowest BCUT2D eigenvalue weighted by Gasteiger charge is -2.30. The highest BCUT2D eigenvalue weighted by Gasteiger charge is 2.50. The van der Waals surface area contributed by atoms with Crippen LogP contribution in [0.1, 0.15) is 52.9 Å². The average Bonchev–Trinajstić information content (AvgIpc) is 3.06. The van der Waals surface area contributed by atoms with Gasteiger partial charge in [-0.1, -0.05) is 20.8 Å². The average molecular weight is 371 g/mol. The molecule has 2 saturated heterocycles. The topological polar surface area (TPSA) is 54.0 Å². The van der Waals surface area contributed by atoms with E-state index in [1.807, 2.05) is 0 Å². The molecule has 0 bridgehead atoms. The van der Waals surface area contributed by atoms with Crippen molar-refractivity contribution in [1.29, 1.82) is 0 Å². The SMILES string of the molecule is C[SiH](OC[C@H]1[C@H](COC2CCCCO2)C[C@@H]2OC(=O)C[C@H]12)C(C)(C)C. The Morgan fingerprint density at radius 3 is 2.72 bits per heavy atom. The van der Waals surface area contributed by atoms with Crippen molar-refractivity contribution < 1.29 is 23.4 Å². The molecule has 0 radical (unpaired) electrons. The Labute approximate surface area is 153 Å². The summed E-state index contributed by atoms with van der Waals surface area (Å²) in [6.45, 7) is 11.3. The van der Waals surface area contributed by atoms with Crippen molar-refractivity contribution in [2.75, 3.05) is 19.8 Å². The summed E-state index contributed by atoms with van der Waals surface area (Å²) in [5.41, 5.74) is 0. The summed E-state index contributed by atoms with van der Waals surface area (Å²) >= 11 is 0. The maximum atomic E-state index is 11.7. The third kappa shape index (κ3) is 4.84. The Kier molecular flexibility index (Phi) is 6.24. The van der Waals surface area contributed by atoms with Gasteiger partial charge in [-0.3, -0.25) is 4.79 Å². The summed E-state index contributed by atoms with van der Waals surface area (Å²) in [4.78, 5) is 11.7. The third-order valence-electron chi connectivity index (χ3n) is 6.25. The van der Waals surface area contributed by atoms with Gasteiger partial charge in [0.05, 0.1) is 13.0 Å². The van der Waals surface area contributed by atoms with Crippen molar-refractivity contribution in [3.05, 3.63) is 0 Å². The molecule has 0 spiro atoms. The molecule has 5 nitrogen and oxygen atoms in total. The first kappa shape index (κ1) is 19.3. The van der Waals surface area contributed by atoms with E-state index in [9.17, 15) is 4.79 Å². The second kappa shape index (κ2) is 8.07. The number of ether oxygens (including phenoxy) is 3. The molecule has 6 heteroatoms. The van der Waals surface area contributed by atoms with E-state index in [1.54, 1.807) is 0 Å². The predicted molar refractivity (Wildman–Crippen MR) is 97.8 cm³/mol. The fourth-order valence-electron chi connectivity index (χ4n) is 4.13. The van der Waals surface area contributed by atoms with Crippen LogP contribution in [-0.2, 0) is 23.4 Å². The van der Waals surface area contributed by atoms with E-state index < -0.39 is 9.04 Å². The number of carbonyl (C=O) groups is 1. The van der Waals surface area contributed by atoms with Crippen LogP contribution >= 0.6 is 0 Å². The predicted octanol–water partition coefficient (Wildman–Crippen LogP) is 3.27. The number of hydrogen-bond acceptors (Lipinski definition) is 5. The van der Waals surface area contributed by atoms with E-state index in [4.69, 9.17) is 18.6 Å². The molecule has 1 aliphatic carbocycles. The Bertz CT molecular complexity index is 457. The Balaban J connectivity index is 1.56. The van der Waals surface area contributed by atoms with Crippen molar-refractivity contribution in [2.24, 2.45) is 17.8 Å². The first-order valence-corrected chi connectivity index (χ1v) is 12.1. The van der Waals surface area contributed by atoms with Crippen molar-refractivity contribution in [2.45, 2.75) is 76.9 Å². The van der Waals surface area contributed by atoms with Crippen LogP contribution in [0.4, 0.5) is 0 Å². The summed E-state index contributed by atoms with van der Waals surface area (Å²) < 4.78 is 23.6. The van der Waals surface area contributed by atoms with Gasteiger partial charge < -0.3 is 18.6 Å². The maximum absolute atomic E-state index is 11.7. The van der Waals surface area contributed by atoms with Crippen molar-refractivity contribution in [1.82, 2.24) is 0 Å². The minimum atomic E-state index is -1.27. The van der Waals surface area contributed by atoms with Gasteiger partial charge >= 0.3 is 5.97 Å². The normalized spacial score (nSPS) is 37.0. The van der Waals surface area contributed by atoms with Crippen LogP contribution < -0.4 is 0 Å². The molecule has 0 amide bonds. The summed E-state index contributed by atoms with van der Waals surface area (Å²) in [7, 11) is -1.27. The molecule has 3 rings (SSSR count). The van der Waals surface area contributed by atoms with Gasteiger partial charge in [-0.2, -0.15) is 0 Å². The van der Waals surface area contributed by atoms with Crippen molar-refractivity contribution in [3.63, 3.8) is 0 Å². The van der Waals surface area contributed by atoms with Gasteiger partial charge in [-0.05, 0) is 49.1 Å². The molecule has 3 fully saturated rings. The summed E-state index contributed by atoms with van der Waals surface area (Å²) in [6, 6.07) is 0. The van der Waals surface area contributed by atoms with E-state index in [2.05, 4.69) is 27.3 Å². The second-order valence-corrected chi connectivity index (χ2v) is 12.4. The highest BCUT2D eigenvalue weighted by Crippen LogP contribution is 2.45. The van der Waals surface area contributed by atoms with Crippen LogP contribution in [0, 0.1) is 17.8 Å². The fourth-order valence-corrected chi connectivity index (χ4v) is 5.14. The van der Waals surface area contributed by atoms with Gasteiger partial charge in [0.25, 0.3) is 0 Å². The van der Waals surface area contributed by atoms with E-state index >= 15 is 0 Å². The monoisotopic (exact) mass is 370 g/mol. The minimum absolute atomic E-state index is 0.0453. The van der Waals surface area contributed by atoms with Crippen LogP contribution in [0.3, 0.4) is 0 Å². The Hall–Kier alpha value is -0.433. The molecule has 1 saturated carbocycles. The van der Waals surface area contributed by atoms with Gasteiger partial charge in [0, 0.05) is 19.1 Å². The summed E-state index contributed by atoms with van der Waals surface area (Å²) in [6.07, 6.45) is 4.76. The first-order chi connectivity index (χ1) is 11.8. The molecule has 25 heavy (non-hydrogen) atoms. The molecule has 144 valence electrons. The van der Waals surface area contributed by atoms with Crippen LogP contribution in [0.2, 0.25) is 11.6 Å². The molecule has 0 aromatic rings.